The topological polar surface area (TPSA) is 46.2 Å². The molecule has 0 saturated carbocycles. The fourth-order valence-electron chi connectivity index (χ4n) is 2.40. The van der Waals surface area contributed by atoms with Crippen LogP contribution in [0.25, 0.3) is 0 Å². The minimum Gasteiger partial charge on any atom is -0.277 e. The summed E-state index contributed by atoms with van der Waals surface area (Å²) in [6, 6.07) is 7.57. The van der Waals surface area contributed by atoms with Gasteiger partial charge >= 0.3 is 6.18 Å². The van der Waals surface area contributed by atoms with Crippen molar-refractivity contribution in [3.8, 4) is 0 Å². The average Bonchev–Trinajstić information content (AvgIpc) is 2.56. The molecule has 0 atom stereocenters. The van der Waals surface area contributed by atoms with E-state index in [1.54, 1.807) is 12.1 Å². The molecule has 2 rings (SSSR count). The molecular weight excluding hydrogens is 370 g/mol. The summed E-state index contributed by atoms with van der Waals surface area (Å²) in [4.78, 5) is -0.145. The predicted molar refractivity (Wildman–Crippen MR) is 91.9 cm³/mol. The van der Waals surface area contributed by atoms with E-state index in [-0.39, 0.29) is 4.90 Å². The summed E-state index contributed by atoms with van der Waals surface area (Å²) >= 11 is 0. The molecule has 0 aliphatic heterocycles. The largest absolute Gasteiger partial charge is 0.416 e. The number of sulfonamides is 1. The molecule has 0 spiro atoms. The summed E-state index contributed by atoms with van der Waals surface area (Å²) in [6.07, 6.45) is -0.774. The predicted octanol–water partition coefficient (Wildman–Crippen LogP) is 5.38. The van der Waals surface area contributed by atoms with Gasteiger partial charge in [0, 0.05) is 0 Å². The molecule has 3 nitrogen and oxygen atoms in total. The molecule has 0 aromatic heterocycles. The number of nitrogens with one attached hydrogen (secondary N) is 1. The van der Waals surface area contributed by atoms with Gasteiger partial charge in [-0.2, -0.15) is 13.2 Å². The van der Waals surface area contributed by atoms with E-state index in [4.69, 9.17) is 0 Å². The zero-order valence-electron chi connectivity index (χ0n) is 14.1. The van der Waals surface area contributed by atoms with Gasteiger partial charge in [-0.25, -0.2) is 12.8 Å². The Bertz CT molecular complexity index is 846. The van der Waals surface area contributed by atoms with Gasteiger partial charge in [-0.1, -0.05) is 31.9 Å². The second kappa shape index (κ2) is 8.07. The van der Waals surface area contributed by atoms with Crippen LogP contribution >= 0.6 is 0 Å². The van der Waals surface area contributed by atoms with Crippen molar-refractivity contribution < 1.29 is 26.0 Å². The number of alkyl halides is 3. The highest BCUT2D eigenvalue weighted by Gasteiger charge is 2.31. The third kappa shape index (κ3) is 5.20. The van der Waals surface area contributed by atoms with Crippen molar-refractivity contribution in [3.63, 3.8) is 0 Å². The molecule has 8 heteroatoms. The van der Waals surface area contributed by atoms with Gasteiger partial charge in [0.1, 0.15) is 5.82 Å². The van der Waals surface area contributed by atoms with Crippen molar-refractivity contribution >= 4 is 15.7 Å². The van der Waals surface area contributed by atoms with Gasteiger partial charge in [0.05, 0.1) is 16.1 Å². The molecule has 0 radical (unpaired) electrons. The molecule has 2 aromatic rings. The quantitative estimate of drug-likeness (QED) is 0.511. The third-order valence-electron chi connectivity index (χ3n) is 3.84. The van der Waals surface area contributed by atoms with E-state index in [2.05, 4.69) is 6.92 Å². The summed E-state index contributed by atoms with van der Waals surface area (Å²) in [6.45, 7) is 2.08. The first-order chi connectivity index (χ1) is 12.1. The van der Waals surface area contributed by atoms with E-state index in [0.29, 0.717) is 18.2 Å². The molecule has 2 aromatic carbocycles. The Morgan fingerprint density at radius 2 is 1.65 bits per heavy atom. The standard InChI is InChI=1S/C18H19F4NO2S/c1-2-3-4-5-13-6-9-15(10-7-13)26(24,25)23-17-12-14(18(20,21)22)8-11-16(17)19/h6-12,23H,2-5H2,1H3. The molecule has 0 bridgehead atoms. The van der Waals surface area contributed by atoms with Crippen molar-refractivity contribution in [1.29, 1.82) is 0 Å². The lowest BCUT2D eigenvalue weighted by Gasteiger charge is -2.12. The van der Waals surface area contributed by atoms with Crippen LogP contribution in [0.2, 0.25) is 0 Å². The maximum atomic E-state index is 13.7. The Morgan fingerprint density at radius 1 is 1.00 bits per heavy atom. The van der Waals surface area contributed by atoms with E-state index in [0.717, 1.165) is 31.2 Å². The van der Waals surface area contributed by atoms with E-state index >= 15 is 0 Å². The molecule has 1 N–H and O–H groups in total. The SMILES string of the molecule is CCCCCc1ccc(S(=O)(=O)Nc2cc(C(F)(F)F)ccc2F)cc1. The minimum atomic E-state index is -4.70. The molecule has 0 aliphatic rings. The van der Waals surface area contributed by atoms with Crippen molar-refractivity contribution in [3.05, 3.63) is 59.4 Å². The van der Waals surface area contributed by atoms with Crippen LogP contribution in [0.15, 0.2) is 47.4 Å². The second-order valence-corrected chi connectivity index (χ2v) is 7.58. The second-order valence-electron chi connectivity index (χ2n) is 5.90. The average molecular weight is 389 g/mol. The van der Waals surface area contributed by atoms with Crippen LogP contribution in [0.5, 0.6) is 0 Å². The number of benzene rings is 2. The lowest BCUT2D eigenvalue weighted by atomic mass is 10.1. The van der Waals surface area contributed by atoms with Crippen molar-refractivity contribution in [1.82, 2.24) is 0 Å². The van der Waals surface area contributed by atoms with Gasteiger partial charge < -0.3 is 0 Å². The van der Waals surface area contributed by atoms with Crippen molar-refractivity contribution in [2.45, 2.75) is 43.7 Å². The van der Waals surface area contributed by atoms with E-state index < -0.39 is 33.3 Å². The minimum absolute atomic E-state index is 0.145. The molecular formula is C18H19F4NO2S. The molecule has 0 amide bonds. The molecule has 0 heterocycles. The van der Waals surface area contributed by atoms with Crippen LogP contribution in [0.4, 0.5) is 23.2 Å². The van der Waals surface area contributed by atoms with Gasteiger partial charge in [0.2, 0.25) is 0 Å². The van der Waals surface area contributed by atoms with Crippen molar-refractivity contribution in [2.24, 2.45) is 0 Å². The highest BCUT2D eigenvalue weighted by Crippen LogP contribution is 2.32. The number of anilines is 1. The summed E-state index contributed by atoms with van der Waals surface area (Å²) in [5.41, 5.74) is -0.919. The molecule has 0 fully saturated rings. The Kier molecular flexibility index (Phi) is 6.28. The van der Waals surface area contributed by atoms with Gasteiger partial charge in [-0.05, 0) is 48.7 Å². The maximum Gasteiger partial charge on any atom is 0.416 e. The number of aryl methyl sites for hydroxylation is 1. The summed E-state index contributed by atoms with van der Waals surface area (Å²) < 4.78 is 78.5. The zero-order chi connectivity index (χ0) is 19.4. The van der Waals surface area contributed by atoms with E-state index in [1.807, 2.05) is 4.72 Å². The molecule has 0 saturated heterocycles. The monoisotopic (exact) mass is 389 g/mol. The summed E-state index contributed by atoms with van der Waals surface area (Å²) in [5.74, 6) is -1.09. The molecule has 0 unspecified atom stereocenters. The maximum absolute atomic E-state index is 13.7. The molecule has 0 aliphatic carbocycles. The smallest absolute Gasteiger partial charge is 0.277 e. The zero-order valence-corrected chi connectivity index (χ0v) is 14.9. The van der Waals surface area contributed by atoms with Gasteiger partial charge in [-0.15, -0.1) is 0 Å². The third-order valence-corrected chi connectivity index (χ3v) is 5.22. The molecule has 142 valence electrons. The number of halogens is 4. The van der Waals surface area contributed by atoms with Crippen LogP contribution in [-0.2, 0) is 22.6 Å². The Hall–Kier alpha value is -2.09. The van der Waals surface area contributed by atoms with Crippen LogP contribution in [-0.4, -0.2) is 8.42 Å². The van der Waals surface area contributed by atoms with Crippen molar-refractivity contribution in [2.75, 3.05) is 4.72 Å². The summed E-state index contributed by atoms with van der Waals surface area (Å²) in [7, 11) is -4.20. The number of hydrogen-bond donors (Lipinski definition) is 1. The Balaban J connectivity index is 2.21. The highest BCUT2D eigenvalue weighted by molar-refractivity contribution is 7.92. The lowest BCUT2D eigenvalue weighted by Crippen LogP contribution is -2.15. The van der Waals surface area contributed by atoms with Crippen LogP contribution in [0.1, 0.15) is 37.3 Å². The number of rotatable bonds is 7. The first kappa shape index (κ1) is 20.2. The highest BCUT2D eigenvalue weighted by atomic mass is 32.2. The van der Waals surface area contributed by atoms with Crippen LogP contribution in [0.3, 0.4) is 0 Å². The van der Waals surface area contributed by atoms with Gasteiger partial charge in [0.25, 0.3) is 10.0 Å². The fourth-order valence-corrected chi connectivity index (χ4v) is 3.46. The Labute approximate surface area is 150 Å². The fraction of sp³-hybridized carbons (Fsp3) is 0.333. The van der Waals surface area contributed by atoms with Crippen LogP contribution in [0, 0.1) is 5.82 Å². The first-order valence-corrected chi connectivity index (χ1v) is 9.60. The normalized spacial score (nSPS) is 12.2. The lowest BCUT2D eigenvalue weighted by molar-refractivity contribution is -0.137. The Morgan fingerprint density at radius 3 is 2.23 bits per heavy atom. The van der Waals surface area contributed by atoms with E-state index in [1.165, 1.54) is 12.1 Å². The number of hydrogen-bond acceptors (Lipinski definition) is 2. The van der Waals surface area contributed by atoms with Gasteiger partial charge in [-0.3, -0.25) is 4.72 Å². The van der Waals surface area contributed by atoms with Crippen LogP contribution < -0.4 is 4.72 Å². The molecule has 26 heavy (non-hydrogen) atoms. The summed E-state index contributed by atoms with van der Waals surface area (Å²) in [5, 5.41) is 0. The first-order valence-electron chi connectivity index (χ1n) is 8.12. The van der Waals surface area contributed by atoms with Gasteiger partial charge in [0.15, 0.2) is 0 Å². The number of unbranched alkanes of at least 4 members (excludes halogenated alkanes) is 2. The van der Waals surface area contributed by atoms with E-state index in [9.17, 15) is 26.0 Å².